The van der Waals surface area contributed by atoms with Crippen LogP contribution in [0.5, 0.6) is 11.5 Å². The number of carbonyl (C=O) groups is 1. The van der Waals surface area contributed by atoms with Crippen LogP contribution in [-0.4, -0.2) is 50.5 Å². The number of rotatable bonds is 12. The number of hydrogen-bond donors (Lipinski definition) is 1. The first-order valence-electron chi connectivity index (χ1n) is 10.1. The standard InChI is InChI=1S/C22H24N4O5S3/c1-4-14-32-22-25-24-21(33-22)23-20(27)15-31-18-8-6-16(7-9-18)26(3)34(28,29)19-12-10-17(11-13-19)30-5-2/h4,6-13H,1,5,14-15H2,2-3H3,(H,23,24,27). The second kappa shape index (κ2) is 11.9. The van der Waals surface area contributed by atoms with Crippen LogP contribution in [0.25, 0.3) is 0 Å². The van der Waals surface area contributed by atoms with E-state index in [0.29, 0.717) is 34.7 Å². The molecule has 9 nitrogen and oxygen atoms in total. The minimum atomic E-state index is -3.75. The zero-order valence-corrected chi connectivity index (χ0v) is 21.1. The van der Waals surface area contributed by atoms with Crippen molar-refractivity contribution in [2.75, 3.05) is 35.6 Å². The van der Waals surface area contributed by atoms with Crippen molar-refractivity contribution in [3.63, 3.8) is 0 Å². The molecule has 0 bridgehead atoms. The van der Waals surface area contributed by atoms with Crippen LogP contribution in [0.2, 0.25) is 0 Å². The highest BCUT2D eigenvalue weighted by Crippen LogP contribution is 2.27. The number of benzene rings is 2. The molecular weight excluding hydrogens is 496 g/mol. The number of amides is 1. The third kappa shape index (κ3) is 6.72. The van der Waals surface area contributed by atoms with E-state index < -0.39 is 10.0 Å². The lowest BCUT2D eigenvalue weighted by Gasteiger charge is -2.20. The lowest BCUT2D eigenvalue weighted by Crippen LogP contribution is -2.26. The van der Waals surface area contributed by atoms with Gasteiger partial charge in [-0.25, -0.2) is 8.42 Å². The third-order valence-corrected chi connectivity index (χ3v) is 8.11. The van der Waals surface area contributed by atoms with E-state index in [2.05, 4.69) is 22.1 Å². The van der Waals surface area contributed by atoms with Crippen LogP contribution in [0.15, 0.2) is 70.4 Å². The summed E-state index contributed by atoms with van der Waals surface area (Å²) >= 11 is 2.74. The van der Waals surface area contributed by atoms with Crippen LogP contribution in [0, 0.1) is 0 Å². The highest BCUT2D eigenvalue weighted by molar-refractivity contribution is 8.01. The maximum Gasteiger partial charge on any atom is 0.264 e. The third-order valence-electron chi connectivity index (χ3n) is 4.34. The van der Waals surface area contributed by atoms with Gasteiger partial charge >= 0.3 is 0 Å². The van der Waals surface area contributed by atoms with Crippen LogP contribution >= 0.6 is 23.1 Å². The van der Waals surface area contributed by atoms with Crippen molar-refractivity contribution in [3.8, 4) is 11.5 Å². The molecule has 3 rings (SSSR count). The summed E-state index contributed by atoms with van der Waals surface area (Å²) in [6, 6.07) is 12.7. The molecule has 0 aliphatic heterocycles. The van der Waals surface area contributed by atoms with E-state index in [1.54, 1.807) is 42.5 Å². The minimum absolute atomic E-state index is 0.151. The van der Waals surface area contributed by atoms with Crippen molar-refractivity contribution in [1.29, 1.82) is 0 Å². The summed E-state index contributed by atoms with van der Waals surface area (Å²) in [7, 11) is -2.28. The second-order valence-corrected chi connectivity index (χ2v) is 10.9. The van der Waals surface area contributed by atoms with Gasteiger partial charge in [-0.15, -0.1) is 16.8 Å². The quantitative estimate of drug-likeness (QED) is 0.216. The van der Waals surface area contributed by atoms with Crippen molar-refractivity contribution in [2.24, 2.45) is 0 Å². The topological polar surface area (TPSA) is 111 Å². The normalized spacial score (nSPS) is 11.0. The number of sulfonamides is 1. The number of nitrogens with zero attached hydrogens (tertiary/aromatic N) is 3. The van der Waals surface area contributed by atoms with Crippen LogP contribution < -0.4 is 19.1 Å². The number of carbonyl (C=O) groups excluding carboxylic acids is 1. The maximum atomic E-state index is 12.9. The highest BCUT2D eigenvalue weighted by atomic mass is 32.2. The number of ether oxygens (including phenoxy) is 2. The molecule has 1 N–H and O–H groups in total. The van der Waals surface area contributed by atoms with E-state index in [0.717, 1.165) is 4.34 Å². The van der Waals surface area contributed by atoms with Gasteiger partial charge in [0.15, 0.2) is 10.9 Å². The van der Waals surface area contributed by atoms with Gasteiger partial charge in [0.25, 0.3) is 15.9 Å². The smallest absolute Gasteiger partial charge is 0.264 e. The summed E-state index contributed by atoms with van der Waals surface area (Å²) < 4.78 is 38.6. The molecule has 0 fully saturated rings. The van der Waals surface area contributed by atoms with E-state index in [1.165, 1.54) is 46.6 Å². The first kappa shape index (κ1) is 25.5. The van der Waals surface area contributed by atoms with E-state index in [-0.39, 0.29) is 17.4 Å². The molecule has 3 aromatic rings. The van der Waals surface area contributed by atoms with E-state index in [9.17, 15) is 13.2 Å². The number of hydrogen-bond acceptors (Lipinski definition) is 9. The minimum Gasteiger partial charge on any atom is -0.494 e. The lowest BCUT2D eigenvalue weighted by molar-refractivity contribution is -0.118. The molecule has 12 heteroatoms. The Bertz CT molecular complexity index is 1210. The fraction of sp³-hybridized carbons (Fsp3) is 0.227. The average Bonchev–Trinajstić information content (AvgIpc) is 3.29. The average molecular weight is 521 g/mol. The molecule has 0 saturated carbocycles. The summed E-state index contributed by atoms with van der Waals surface area (Å²) in [5, 5.41) is 10.9. The molecule has 2 aromatic carbocycles. The van der Waals surface area contributed by atoms with Gasteiger partial charge in [0, 0.05) is 12.8 Å². The summed E-state index contributed by atoms with van der Waals surface area (Å²) in [6.07, 6.45) is 1.76. The fourth-order valence-corrected chi connectivity index (χ4v) is 5.40. The molecule has 180 valence electrons. The van der Waals surface area contributed by atoms with Crippen molar-refractivity contribution < 1.29 is 22.7 Å². The number of thioether (sulfide) groups is 1. The Morgan fingerprint density at radius 3 is 2.41 bits per heavy atom. The predicted octanol–water partition coefficient (Wildman–Crippen LogP) is 4.06. The van der Waals surface area contributed by atoms with Crippen LogP contribution in [0.4, 0.5) is 10.8 Å². The monoisotopic (exact) mass is 520 g/mol. The molecule has 0 atom stereocenters. The molecule has 0 unspecified atom stereocenters. The molecule has 0 aliphatic carbocycles. The molecule has 34 heavy (non-hydrogen) atoms. The zero-order chi connectivity index (χ0) is 24.6. The first-order valence-corrected chi connectivity index (χ1v) is 13.4. The van der Waals surface area contributed by atoms with Crippen LogP contribution in [0.1, 0.15) is 6.92 Å². The van der Waals surface area contributed by atoms with Crippen molar-refractivity contribution in [1.82, 2.24) is 10.2 Å². The van der Waals surface area contributed by atoms with Gasteiger partial charge in [-0.2, -0.15) is 0 Å². The zero-order valence-electron chi connectivity index (χ0n) is 18.6. The van der Waals surface area contributed by atoms with Crippen molar-refractivity contribution >= 4 is 49.8 Å². The first-order chi connectivity index (χ1) is 16.3. The molecule has 0 radical (unpaired) electrons. The summed E-state index contributed by atoms with van der Waals surface area (Å²) in [4.78, 5) is 12.3. The van der Waals surface area contributed by atoms with Gasteiger partial charge in [-0.3, -0.25) is 14.4 Å². The fourth-order valence-electron chi connectivity index (χ4n) is 2.68. The SMILES string of the molecule is C=CCSc1nnc(NC(=O)COc2ccc(N(C)S(=O)(=O)c3ccc(OCC)cc3)cc2)s1. The maximum absolute atomic E-state index is 12.9. The lowest BCUT2D eigenvalue weighted by atomic mass is 10.3. The van der Waals surface area contributed by atoms with Crippen molar-refractivity contribution in [2.45, 2.75) is 16.2 Å². The second-order valence-electron chi connectivity index (χ2n) is 6.68. The molecule has 1 heterocycles. The van der Waals surface area contributed by atoms with Gasteiger partial charge in [-0.1, -0.05) is 29.2 Å². The highest BCUT2D eigenvalue weighted by Gasteiger charge is 2.21. The molecule has 1 amide bonds. The predicted molar refractivity (Wildman–Crippen MR) is 135 cm³/mol. The number of aromatic nitrogens is 2. The molecule has 1 aromatic heterocycles. The van der Waals surface area contributed by atoms with Gasteiger partial charge in [-0.05, 0) is 55.5 Å². The molecule has 0 saturated heterocycles. The Hall–Kier alpha value is -3.09. The summed E-state index contributed by atoms with van der Waals surface area (Å²) in [5.41, 5.74) is 0.448. The van der Waals surface area contributed by atoms with Gasteiger partial charge in [0.05, 0.1) is 17.2 Å². The Morgan fingerprint density at radius 2 is 1.76 bits per heavy atom. The van der Waals surface area contributed by atoms with Gasteiger partial charge in [0.1, 0.15) is 11.5 Å². The Labute approximate surface area is 206 Å². The van der Waals surface area contributed by atoms with Crippen LogP contribution in [-0.2, 0) is 14.8 Å². The Balaban J connectivity index is 1.56. The van der Waals surface area contributed by atoms with Gasteiger partial charge < -0.3 is 9.47 Å². The van der Waals surface area contributed by atoms with E-state index in [4.69, 9.17) is 9.47 Å². The Morgan fingerprint density at radius 1 is 1.12 bits per heavy atom. The summed E-state index contributed by atoms with van der Waals surface area (Å²) in [5.74, 6) is 1.35. The van der Waals surface area contributed by atoms with E-state index >= 15 is 0 Å². The largest absolute Gasteiger partial charge is 0.494 e. The van der Waals surface area contributed by atoms with E-state index in [1.807, 2.05) is 6.92 Å². The molecule has 0 spiro atoms. The summed E-state index contributed by atoms with van der Waals surface area (Å²) in [6.45, 7) is 5.78. The van der Waals surface area contributed by atoms with Crippen LogP contribution in [0.3, 0.4) is 0 Å². The molecule has 0 aliphatic rings. The van der Waals surface area contributed by atoms with Gasteiger partial charge in [0.2, 0.25) is 5.13 Å². The Kier molecular flexibility index (Phi) is 8.91. The molecular formula is C22H24N4O5S3. The number of anilines is 2. The van der Waals surface area contributed by atoms with Crippen molar-refractivity contribution in [3.05, 3.63) is 61.2 Å². The number of nitrogens with one attached hydrogen (secondary N) is 1.